The van der Waals surface area contributed by atoms with Crippen LogP contribution in [-0.2, 0) is 5.92 Å². The fourth-order valence-electron chi connectivity index (χ4n) is 5.72. The molecule has 2 aliphatic heterocycles. The minimum absolute atomic E-state index is 0.00597. The molecule has 2 fully saturated rings. The molecule has 1 atom stereocenters. The van der Waals surface area contributed by atoms with Crippen LogP contribution < -0.4 is 10.2 Å². The zero-order chi connectivity index (χ0) is 25.7. The van der Waals surface area contributed by atoms with Gasteiger partial charge in [0, 0.05) is 37.3 Å². The number of halogens is 3. The van der Waals surface area contributed by atoms with Crippen molar-refractivity contribution < 1.29 is 18.0 Å². The third kappa shape index (κ3) is 4.31. The van der Waals surface area contributed by atoms with E-state index >= 15 is 0 Å². The van der Waals surface area contributed by atoms with Crippen LogP contribution in [0.1, 0.15) is 67.1 Å². The normalized spacial score (nSPS) is 19.2. The molecular weight excluding hydrogens is 469 g/mol. The number of benzene rings is 1. The van der Waals surface area contributed by atoms with Gasteiger partial charge in [-0.05, 0) is 52.3 Å². The number of alkyl halides is 2. The second kappa shape index (κ2) is 9.06. The number of fused-ring (bicyclic) bond motifs is 1. The molecule has 2 saturated heterocycles. The van der Waals surface area contributed by atoms with Gasteiger partial charge in [0.2, 0.25) is 0 Å². The molecule has 1 spiro atoms. The quantitative estimate of drug-likeness (QED) is 0.558. The van der Waals surface area contributed by atoms with Gasteiger partial charge in [0.1, 0.15) is 12.1 Å². The lowest BCUT2D eigenvalue weighted by Gasteiger charge is -2.44. The van der Waals surface area contributed by atoms with Crippen molar-refractivity contribution in [3.05, 3.63) is 59.3 Å². The molecule has 0 bridgehead atoms. The van der Waals surface area contributed by atoms with Gasteiger partial charge in [-0.3, -0.25) is 4.79 Å². The smallest absolute Gasteiger partial charge is 0.273 e. The Morgan fingerprint density at radius 3 is 2.61 bits per heavy atom. The summed E-state index contributed by atoms with van der Waals surface area (Å²) >= 11 is 0. The minimum atomic E-state index is -3.32. The lowest BCUT2D eigenvalue weighted by molar-refractivity contribution is 0.0135. The number of piperidine rings is 1. The fraction of sp³-hybridized carbons (Fsp3) is 0.500. The molecule has 10 heteroatoms. The van der Waals surface area contributed by atoms with Crippen LogP contribution >= 0.6 is 0 Å². The topological polar surface area (TPSA) is 65.8 Å². The number of anilines is 1. The average molecular weight is 501 g/mol. The molecule has 2 aromatic heterocycles. The Hall–Kier alpha value is -3.14. The molecule has 2 aliphatic rings. The molecule has 1 N–H and O–H groups in total. The predicted molar refractivity (Wildman–Crippen MR) is 131 cm³/mol. The van der Waals surface area contributed by atoms with E-state index in [9.17, 15) is 18.0 Å². The van der Waals surface area contributed by atoms with Gasteiger partial charge < -0.3 is 15.1 Å². The number of pyridine rings is 1. The summed E-state index contributed by atoms with van der Waals surface area (Å²) in [4.78, 5) is 22.3. The zero-order valence-corrected chi connectivity index (χ0v) is 20.8. The Bertz CT molecular complexity index is 1280. The first-order chi connectivity index (χ1) is 17.1. The van der Waals surface area contributed by atoms with Crippen molar-refractivity contribution in [1.82, 2.24) is 24.8 Å². The number of hydrogen-bond acceptors (Lipinski definition) is 5. The van der Waals surface area contributed by atoms with Crippen LogP contribution in [0.25, 0.3) is 5.65 Å². The number of hydrogen-bond donors (Lipinski definition) is 1. The summed E-state index contributed by atoms with van der Waals surface area (Å²) in [6.45, 7) is 5.04. The van der Waals surface area contributed by atoms with E-state index < -0.39 is 29.3 Å². The Kier molecular flexibility index (Phi) is 6.18. The third-order valence-corrected chi connectivity index (χ3v) is 7.91. The van der Waals surface area contributed by atoms with Gasteiger partial charge in [0.05, 0.1) is 22.9 Å². The molecule has 0 aliphatic carbocycles. The van der Waals surface area contributed by atoms with Crippen molar-refractivity contribution in [2.24, 2.45) is 0 Å². The highest BCUT2D eigenvalue weighted by Gasteiger charge is 2.41. The van der Waals surface area contributed by atoms with Crippen molar-refractivity contribution in [2.45, 2.75) is 57.0 Å². The van der Waals surface area contributed by atoms with Crippen LogP contribution in [0, 0.1) is 5.82 Å². The summed E-state index contributed by atoms with van der Waals surface area (Å²) in [6.07, 6.45) is 7.53. The number of rotatable bonds is 5. The highest BCUT2D eigenvalue weighted by atomic mass is 19.3. The SMILES string of the molecule is C[C@@H](NC(=O)c1cc(N2CCC3(CCCN3C)CC2)c2ncnn2c1)c1cccc(C(C)(F)F)c1F. The minimum Gasteiger partial charge on any atom is -0.368 e. The summed E-state index contributed by atoms with van der Waals surface area (Å²) < 4.78 is 44.0. The average Bonchev–Trinajstić information content (AvgIpc) is 3.45. The fourth-order valence-corrected chi connectivity index (χ4v) is 5.72. The molecule has 0 saturated carbocycles. The Labute approximate surface area is 208 Å². The van der Waals surface area contributed by atoms with Gasteiger partial charge in [-0.15, -0.1) is 0 Å². The summed E-state index contributed by atoms with van der Waals surface area (Å²) in [7, 11) is 2.20. The van der Waals surface area contributed by atoms with Gasteiger partial charge >= 0.3 is 0 Å². The molecule has 0 unspecified atom stereocenters. The maximum absolute atomic E-state index is 14.8. The highest BCUT2D eigenvalue weighted by molar-refractivity contribution is 5.96. The predicted octanol–water partition coefficient (Wildman–Crippen LogP) is 4.54. The van der Waals surface area contributed by atoms with Crippen molar-refractivity contribution in [3.63, 3.8) is 0 Å². The summed E-state index contributed by atoms with van der Waals surface area (Å²) in [5.74, 6) is -4.78. The van der Waals surface area contributed by atoms with Crippen LogP contribution in [0.2, 0.25) is 0 Å². The van der Waals surface area contributed by atoms with Crippen LogP contribution in [0.15, 0.2) is 36.8 Å². The van der Waals surface area contributed by atoms with Crippen molar-refractivity contribution >= 4 is 17.2 Å². The molecule has 36 heavy (non-hydrogen) atoms. The molecule has 1 aromatic carbocycles. The number of nitrogens with zero attached hydrogens (tertiary/aromatic N) is 5. The maximum Gasteiger partial charge on any atom is 0.273 e. The molecule has 0 radical (unpaired) electrons. The van der Waals surface area contributed by atoms with Gasteiger partial charge in [0.25, 0.3) is 11.8 Å². The number of amides is 1. The molecule has 1 amide bonds. The number of carbonyl (C=O) groups is 1. The number of nitrogens with one attached hydrogen (secondary N) is 1. The second-order valence-electron chi connectivity index (χ2n) is 10.2. The first kappa shape index (κ1) is 24.5. The van der Waals surface area contributed by atoms with E-state index in [1.807, 2.05) is 0 Å². The zero-order valence-electron chi connectivity index (χ0n) is 20.8. The second-order valence-corrected chi connectivity index (χ2v) is 10.2. The summed E-state index contributed by atoms with van der Waals surface area (Å²) in [5, 5.41) is 6.99. The standard InChI is InChI=1S/C26H31F3N6O/c1-17(19-6-4-7-20(22(19)27)25(2,28)29)32-24(36)18-14-21(23-30-16-31-35(23)15-18)34-12-9-26(10-13-34)8-5-11-33(26)3/h4,6-7,14-17H,5,8-13H2,1-3H3,(H,32,36)/t17-/m1/s1. The van der Waals surface area contributed by atoms with E-state index in [2.05, 4.69) is 32.2 Å². The van der Waals surface area contributed by atoms with Gasteiger partial charge in [0.15, 0.2) is 5.65 Å². The monoisotopic (exact) mass is 500 g/mol. The molecular formula is C26H31F3N6O. The molecule has 3 aromatic rings. The van der Waals surface area contributed by atoms with Gasteiger partial charge in [-0.25, -0.2) is 22.7 Å². The van der Waals surface area contributed by atoms with Crippen LogP contribution in [0.5, 0.6) is 0 Å². The van der Waals surface area contributed by atoms with E-state index in [0.29, 0.717) is 18.1 Å². The largest absolute Gasteiger partial charge is 0.368 e. The molecule has 192 valence electrons. The Morgan fingerprint density at radius 2 is 1.94 bits per heavy atom. The highest BCUT2D eigenvalue weighted by Crippen LogP contribution is 2.39. The van der Waals surface area contributed by atoms with Crippen LogP contribution in [0.4, 0.5) is 18.9 Å². The Balaban J connectivity index is 1.38. The molecule has 5 rings (SSSR count). The van der Waals surface area contributed by atoms with Crippen molar-refractivity contribution in [2.75, 3.05) is 31.6 Å². The van der Waals surface area contributed by atoms with E-state index in [1.54, 1.807) is 23.7 Å². The van der Waals surface area contributed by atoms with Crippen molar-refractivity contribution in [1.29, 1.82) is 0 Å². The first-order valence-electron chi connectivity index (χ1n) is 12.4. The Morgan fingerprint density at radius 1 is 1.19 bits per heavy atom. The van der Waals surface area contributed by atoms with Crippen molar-refractivity contribution in [3.8, 4) is 0 Å². The lowest BCUT2D eigenvalue weighted by Crippen LogP contribution is -2.50. The maximum atomic E-state index is 14.8. The molecule has 7 nitrogen and oxygen atoms in total. The summed E-state index contributed by atoms with van der Waals surface area (Å²) in [6, 6.07) is 4.81. The lowest BCUT2D eigenvalue weighted by atomic mass is 9.85. The van der Waals surface area contributed by atoms with E-state index in [-0.39, 0.29) is 11.1 Å². The number of aromatic nitrogens is 3. The van der Waals surface area contributed by atoms with E-state index in [0.717, 1.165) is 44.2 Å². The van der Waals surface area contributed by atoms with Gasteiger partial charge in [-0.1, -0.05) is 18.2 Å². The van der Waals surface area contributed by atoms with Gasteiger partial charge in [-0.2, -0.15) is 5.10 Å². The van der Waals surface area contributed by atoms with E-state index in [4.69, 9.17) is 0 Å². The van der Waals surface area contributed by atoms with Crippen LogP contribution in [0.3, 0.4) is 0 Å². The number of likely N-dealkylation sites (tertiary alicyclic amines) is 1. The third-order valence-electron chi connectivity index (χ3n) is 7.91. The number of carbonyl (C=O) groups excluding carboxylic acids is 1. The molecule has 4 heterocycles. The van der Waals surface area contributed by atoms with Crippen LogP contribution in [-0.4, -0.2) is 57.6 Å². The van der Waals surface area contributed by atoms with E-state index in [1.165, 1.54) is 31.3 Å². The first-order valence-corrected chi connectivity index (χ1v) is 12.4. The summed E-state index contributed by atoms with van der Waals surface area (Å²) in [5.41, 5.74) is 1.39.